The molecule has 0 spiro atoms. The molecule has 0 saturated carbocycles. The van der Waals surface area contributed by atoms with Crippen LogP contribution in [0.1, 0.15) is 12.5 Å². The molecule has 0 bridgehead atoms. The molecule has 0 radical (unpaired) electrons. The van der Waals surface area contributed by atoms with E-state index < -0.39 is 16.2 Å². The molecule has 0 saturated heterocycles. The van der Waals surface area contributed by atoms with E-state index in [4.69, 9.17) is 8.92 Å². The van der Waals surface area contributed by atoms with Gasteiger partial charge in [0.05, 0.1) is 29.9 Å². The van der Waals surface area contributed by atoms with Crippen LogP contribution in [-0.2, 0) is 27.5 Å². The molecule has 1 atom stereocenters. The summed E-state index contributed by atoms with van der Waals surface area (Å²) < 4.78 is 35.0. The lowest BCUT2D eigenvalue weighted by molar-refractivity contribution is 0.211. The van der Waals surface area contributed by atoms with Gasteiger partial charge in [-0.1, -0.05) is 30.3 Å². The quantitative estimate of drug-likeness (QED) is 0.606. The molecular formula is C18H20N2O4S. The zero-order chi connectivity index (χ0) is 17.9. The van der Waals surface area contributed by atoms with E-state index in [1.165, 1.54) is 0 Å². The van der Waals surface area contributed by atoms with Crippen LogP contribution in [0.4, 0.5) is 0 Å². The Kier molecular flexibility index (Phi) is 5.06. The molecule has 0 amide bonds. The lowest BCUT2D eigenvalue weighted by Gasteiger charge is -2.13. The second-order valence-electron chi connectivity index (χ2n) is 5.91. The van der Waals surface area contributed by atoms with Gasteiger partial charge in [0.1, 0.15) is 6.61 Å². The highest BCUT2D eigenvalue weighted by Gasteiger charge is 2.13. The topological polar surface area (TPSA) is 70.4 Å². The lowest BCUT2D eigenvalue weighted by atomic mass is 10.2. The Morgan fingerprint density at radius 1 is 1.12 bits per heavy atom. The van der Waals surface area contributed by atoms with Crippen LogP contribution in [-0.4, -0.2) is 30.3 Å². The van der Waals surface area contributed by atoms with E-state index >= 15 is 0 Å². The number of ether oxygens (including phenoxy) is 1. The Bertz CT molecular complexity index is 952. The lowest BCUT2D eigenvalue weighted by Crippen LogP contribution is -2.19. The third-order valence-corrected chi connectivity index (χ3v) is 4.30. The summed E-state index contributed by atoms with van der Waals surface area (Å²) in [6.07, 6.45) is 2.45. The molecule has 1 aromatic carbocycles. The minimum atomic E-state index is -3.47. The van der Waals surface area contributed by atoms with Crippen molar-refractivity contribution in [2.24, 2.45) is 0 Å². The number of benzene rings is 1. The summed E-state index contributed by atoms with van der Waals surface area (Å²) in [4.78, 5) is 4.49. The van der Waals surface area contributed by atoms with Crippen molar-refractivity contribution in [2.75, 3.05) is 6.26 Å². The van der Waals surface area contributed by atoms with E-state index in [1.54, 1.807) is 6.92 Å². The van der Waals surface area contributed by atoms with Gasteiger partial charge in [0.25, 0.3) is 10.1 Å². The number of hydrogen-bond acceptors (Lipinski definition) is 5. The highest BCUT2D eigenvalue weighted by molar-refractivity contribution is 7.86. The first kappa shape index (κ1) is 17.4. The summed E-state index contributed by atoms with van der Waals surface area (Å²) in [7, 11) is -3.47. The minimum Gasteiger partial charge on any atom is -0.473 e. The largest absolute Gasteiger partial charge is 0.473 e. The first-order valence-corrected chi connectivity index (χ1v) is 9.73. The third-order valence-electron chi connectivity index (χ3n) is 3.62. The van der Waals surface area contributed by atoms with Gasteiger partial charge in [-0.3, -0.25) is 4.18 Å². The van der Waals surface area contributed by atoms with Gasteiger partial charge in [0.2, 0.25) is 5.88 Å². The molecule has 0 aliphatic heterocycles. The Morgan fingerprint density at radius 3 is 2.60 bits per heavy atom. The van der Waals surface area contributed by atoms with Crippen LogP contribution in [0.25, 0.3) is 11.0 Å². The summed E-state index contributed by atoms with van der Waals surface area (Å²) in [5.74, 6) is 0.550. The fourth-order valence-electron chi connectivity index (χ4n) is 2.63. The number of fused-ring (bicyclic) bond motifs is 1. The van der Waals surface area contributed by atoms with Gasteiger partial charge in [-0.15, -0.1) is 0 Å². The number of aromatic nitrogens is 2. The van der Waals surface area contributed by atoms with Crippen LogP contribution in [0.15, 0.2) is 54.7 Å². The average molecular weight is 360 g/mol. The molecule has 132 valence electrons. The number of pyridine rings is 1. The van der Waals surface area contributed by atoms with Crippen LogP contribution in [0.5, 0.6) is 5.88 Å². The van der Waals surface area contributed by atoms with E-state index in [2.05, 4.69) is 4.98 Å². The second kappa shape index (κ2) is 7.25. The highest BCUT2D eigenvalue weighted by Crippen LogP contribution is 2.19. The van der Waals surface area contributed by atoms with E-state index in [-0.39, 0.29) is 0 Å². The SMILES string of the molecule is C[C@@H](Cn1ccc2nc(OCc3ccccc3)ccc21)OS(C)(=O)=O. The molecule has 0 aliphatic carbocycles. The molecule has 0 aliphatic rings. The van der Waals surface area contributed by atoms with E-state index in [0.717, 1.165) is 22.9 Å². The zero-order valence-electron chi connectivity index (χ0n) is 14.1. The van der Waals surface area contributed by atoms with Gasteiger partial charge in [0.15, 0.2) is 0 Å². The van der Waals surface area contributed by atoms with Crippen molar-refractivity contribution < 1.29 is 17.3 Å². The van der Waals surface area contributed by atoms with Crippen molar-refractivity contribution in [1.29, 1.82) is 0 Å². The number of rotatable bonds is 7. The Labute approximate surface area is 147 Å². The van der Waals surface area contributed by atoms with Crippen LogP contribution >= 0.6 is 0 Å². The molecule has 2 aromatic heterocycles. The molecule has 0 unspecified atom stereocenters. The molecular weight excluding hydrogens is 340 g/mol. The summed E-state index contributed by atoms with van der Waals surface area (Å²) in [6.45, 7) is 2.60. The maximum Gasteiger partial charge on any atom is 0.264 e. The van der Waals surface area contributed by atoms with Crippen molar-refractivity contribution in [3.05, 3.63) is 60.3 Å². The monoisotopic (exact) mass is 360 g/mol. The van der Waals surface area contributed by atoms with Crippen molar-refractivity contribution in [3.8, 4) is 5.88 Å². The van der Waals surface area contributed by atoms with Crippen LogP contribution in [0.2, 0.25) is 0 Å². The Morgan fingerprint density at radius 2 is 1.88 bits per heavy atom. The highest BCUT2D eigenvalue weighted by atomic mass is 32.2. The molecule has 25 heavy (non-hydrogen) atoms. The summed E-state index contributed by atoms with van der Waals surface area (Å²) in [5.41, 5.74) is 2.77. The van der Waals surface area contributed by atoms with Crippen molar-refractivity contribution in [3.63, 3.8) is 0 Å². The normalized spacial score (nSPS) is 13.0. The van der Waals surface area contributed by atoms with E-state index in [9.17, 15) is 8.42 Å². The van der Waals surface area contributed by atoms with Gasteiger partial charge in [-0.25, -0.2) is 4.98 Å². The van der Waals surface area contributed by atoms with Crippen molar-refractivity contribution >= 4 is 21.2 Å². The standard InChI is InChI=1S/C18H20N2O4S/c1-14(24-25(2,21)22)12-20-11-10-16-17(20)8-9-18(19-16)23-13-15-6-4-3-5-7-15/h3-11,14H,12-13H2,1-2H3/t14-/m0/s1. The van der Waals surface area contributed by atoms with E-state index in [0.29, 0.717) is 19.0 Å². The smallest absolute Gasteiger partial charge is 0.264 e. The molecule has 0 N–H and O–H groups in total. The molecule has 3 aromatic rings. The molecule has 2 heterocycles. The summed E-state index contributed by atoms with van der Waals surface area (Å²) >= 11 is 0. The molecule has 7 heteroatoms. The van der Waals surface area contributed by atoms with Gasteiger partial charge in [-0.2, -0.15) is 8.42 Å². The first-order valence-electron chi connectivity index (χ1n) is 7.91. The van der Waals surface area contributed by atoms with Gasteiger partial charge >= 0.3 is 0 Å². The number of hydrogen-bond donors (Lipinski definition) is 0. The molecule has 3 rings (SSSR count). The van der Waals surface area contributed by atoms with Gasteiger partial charge in [0, 0.05) is 12.3 Å². The van der Waals surface area contributed by atoms with Gasteiger partial charge < -0.3 is 9.30 Å². The third kappa shape index (κ3) is 4.80. The molecule has 0 fully saturated rings. The van der Waals surface area contributed by atoms with Crippen molar-refractivity contribution in [1.82, 2.24) is 9.55 Å². The van der Waals surface area contributed by atoms with Crippen LogP contribution in [0.3, 0.4) is 0 Å². The first-order chi connectivity index (χ1) is 11.9. The fourth-order valence-corrected chi connectivity index (χ4v) is 3.29. The Balaban J connectivity index is 1.70. The molecule has 6 nitrogen and oxygen atoms in total. The van der Waals surface area contributed by atoms with Crippen LogP contribution < -0.4 is 4.74 Å². The zero-order valence-corrected chi connectivity index (χ0v) is 14.9. The maximum atomic E-state index is 11.2. The van der Waals surface area contributed by atoms with Gasteiger partial charge in [-0.05, 0) is 24.6 Å². The minimum absolute atomic E-state index is 0.419. The van der Waals surface area contributed by atoms with Crippen LogP contribution in [0, 0.1) is 0 Å². The van der Waals surface area contributed by atoms with E-state index in [1.807, 2.05) is 59.3 Å². The maximum absolute atomic E-state index is 11.2. The summed E-state index contributed by atoms with van der Waals surface area (Å²) in [6, 6.07) is 15.5. The predicted molar refractivity (Wildman–Crippen MR) is 95.9 cm³/mol. The predicted octanol–water partition coefficient (Wildman–Crippen LogP) is 2.98. The second-order valence-corrected chi connectivity index (χ2v) is 7.51. The fraction of sp³-hybridized carbons (Fsp3) is 0.278. The van der Waals surface area contributed by atoms with Crippen molar-refractivity contribution in [2.45, 2.75) is 26.2 Å². The Hall–Kier alpha value is -2.38. The average Bonchev–Trinajstić information content (AvgIpc) is 2.94. The number of nitrogens with zero attached hydrogens (tertiary/aromatic N) is 2. The summed E-state index contributed by atoms with van der Waals surface area (Å²) in [5, 5.41) is 0.